The lowest BCUT2D eigenvalue weighted by atomic mass is 10.2. The van der Waals surface area contributed by atoms with E-state index in [0.29, 0.717) is 5.76 Å². The van der Waals surface area contributed by atoms with Gasteiger partial charge in [0.15, 0.2) is 0 Å². The molecular formula is C12H19ClN2O3. The van der Waals surface area contributed by atoms with Gasteiger partial charge in [-0.25, -0.2) is 5.06 Å². The number of allylic oxidation sites excluding steroid dienone is 3. The lowest BCUT2D eigenvalue weighted by Gasteiger charge is -2.14. The molecular weight excluding hydrogens is 256 g/mol. The smallest absolute Gasteiger partial charge is 0.249 e. The molecule has 0 aromatic carbocycles. The predicted molar refractivity (Wildman–Crippen MR) is 72.5 cm³/mol. The summed E-state index contributed by atoms with van der Waals surface area (Å²) in [5.74, 6) is 0.693. The molecule has 0 bridgehead atoms. The van der Waals surface area contributed by atoms with Crippen LogP contribution in [0.4, 0.5) is 0 Å². The molecule has 18 heavy (non-hydrogen) atoms. The Morgan fingerprint density at radius 3 is 2.72 bits per heavy atom. The van der Waals surface area contributed by atoms with Gasteiger partial charge >= 0.3 is 0 Å². The van der Waals surface area contributed by atoms with Gasteiger partial charge in [-0.2, -0.15) is 0 Å². The average molecular weight is 275 g/mol. The van der Waals surface area contributed by atoms with Crippen LogP contribution >= 0.6 is 11.6 Å². The number of nitrogens with zero attached hydrogens (tertiary/aromatic N) is 2. The Bertz CT molecular complexity index is 340. The van der Waals surface area contributed by atoms with Crippen molar-refractivity contribution in [3.8, 4) is 0 Å². The van der Waals surface area contributed by atoms with Crippen LogP contribution in [0.25, 0.3) is 0 Å². The lowest BCUT2D eigenvalue weighted by molar-refractivity contribution is -0.169. The van der Waals surface area contributed by atoms with Crippen LogP contribution < -0.4 is 0 Å². The fourth-order valence-electron chi connectivity index (χ4n) is 1.04. The maximum absolute atomic E-state index is 11.4. The van der Waals surface area contributed by atoms with Gasteiger partial charge in [-0.3, -0.25) is 14.6 Å². The van der Waals surface area contributed by atoms with Gasteiger partial charge < -0.3 is 4.74 Å². The number of carbonyl (C=O) groups excluding carboxylic acids is 1. The van der Waals surface area contributed by atoms with Crippen LogP contribution in [0.1, 0.15) is 13.3 Å². The third kappa shape index (κ3) is 6.42. The van der Waals surface area contributed by atoms with Crippen LogP contribution in [0.2, 0.25) is 0 Å². The van der Waals surface area contributed by atoms with Gasteiger partial charge in [0, 0.05) is 13.2 Å². The highest BCUT2D eigenvalue weighted by Crippen LogP contribution is 2.10. The summed E-state index contributed by atoms with van der Waals surface area (Å²) >= 11 is 5.76. The summed E-state index contributed by atoms with van der Waals surface area (Å²) in [6.45, 7) is 5.44. The average Bonchev–Trinajstić information content (AvgIpc) is 2.39. The first kappa shape index (κ1) is 16.7. The Hall–Kier alpha value is -1.33. The molecule has 0 N–H and O–H groups in total. The van der Waals surface area contributed by atoms with Crippen molar-refractivity contribution in [1.82, 2.24) is 5.06 Å². The molecule has 5 nitrogen and oxygen atoms in total. The van der Waals surface area contributed by atoms with Crippen LogP contribution in [0, 0.1) is 0 Å². The SMILES string of the molecule is C=N/C=C\C(C)=C(/CCl)OCCC(=O)N(C)OC. The molecule has 0 saturated carbocycles. The quantitative estimate of drug-likeness (QED) is 0.224. The van der Waals surface area contributed by atoms with Gasteiger partial charge in [-0.05, 0) is 25.3 Å². The number of hydrogen-bond acceptors (Lipinski definition) is 4. The van der Waals surface area contributed by atoms with E-state index in [0.717, 1.165) is 10.6 Å². The summed E-state index contributed by atoms with van der Waals surface area (Å²) in [5.41, 5.74) is 0.852. The number of hydroxylamine groups is 2. The third-order valence-corrected chi connectivity index (χ3v) is 2.45. The van der Waals surface area contributed by atoms with Gasteiger partial charge in [-0.15, -0.1) is 11.6 Å². The molecule has 0 spiro atoms. The Balaban J connectivity index is 4.28. The normalized spacial score (nSPS) is 12.2. The minimum Gasteiger partial charge on any atom is -0.496 e. The van der Waals surface area contributed by atoms with Gasteiger partial charge in [-0.1, -0.05) is 0 Å². The Labute approximate surface area is 113 Å². The molecule has 0 aromatic rings. The van der Waals surface area contributed by atoms with Crippen molar-refractivity contribution < 1.29 is 14.4 Å². The van der Waals surface area contributed by atoms with Gasteiger partial charge in [0.05, 0.1) is 26.0 Å². The Morgan fingerprint density at radius 2 is 2.22 bits per heavy atom. The van der Waals surface area contributed by atoms with E-state index in [1.807, 2.05) is 6.92 Å². The second kappa shape index (κ2) is 9.67. The minimum absolute atomic E-state index is 0.160. The van der Waals surface area contributed by atoms with E-state index in [2.05, 4.69) is 11.7 Å². The summed E-state index contributed by atoms with van der Waals surface area (Å²) in [6, 6.07) is 0. The van der Waals surface area contributed by atoms with E-state index in [1.54, 1.807) is 19.3 Å². The first-order chi connectivity index (χ1) is 8.56. The number of hydrogen-bond donors (Lipinski definition) is 0. The molecule has 0 heterocycles. The maximum atomic E-state index is 11.4. The zero-order chi connectivity index (χ0) is 14.0. The molecule has 6 heteroatoms. The van der Waals surface area contributed by atoms with E-state index >= 15 is 0 Å². The van der Waals surface area contributed by atoms with Crippen molar-refractivity contribution in [2.24, 2.45) is 4.99 Å². The number of aliphatic imine (C=N–C) groups is 1. The van der Waals surface area contributed by atoms with Crippen LogP contribution in [0.3, 0.4) is 0 Å². The first-order valence-corrected chi connectivity index (χ1v) is 5.91. The molecule has 0 saturated heterocycles. The zero-order valence-corrected chi connectivity index (χ0v) is 11.7. The molecule has 0 rings (SSSR count). The molecule has 0 atom stereocenters. The highest BCUT2D eigenvalue weighted by molar-refractivity contribution is 6.19. The number of halogens is 1. The standard InChI is InChI=1S/C12H19ClN2O3/c1-10(5-7-14-2)11(9-13)18-8-6-12(16)15(3)17-4/h5,7H,2,6,8-9H2,1,3-4H3/b7-5-,11-10+. The fourth-order valence-corrected chi connectivity index (χ4v) is 1.32. The molecule has 0 aliphatic rings. The molecule has 1 amide bonds. The highest BCUT2D eigenvalue weighted by Gasteiger charge is 2.08. The molecule has 0 aliphatic carbocycles. The number of alkyl halides is 1. The van der Waals surface area contributed by atoms with E-state index in [4.69, 9.17) is 21.2 Å². The van der Waals surface area contributed by atoms with E-state index < -0.39 is 0 Å². The van der Waals surface area contributed by atoms with Crippen LogP contribution in [0.5, 0.6) is 0 Å². The molecule has 0 aliphatic heterocycles. The van der Waals surface area contributed by atoms with E-state index in [1.165, 1.54) is 7.11 Å². The second-order valence-electron chi connectivity index (χ2n) is 3.41. The highest BCUT2D eigenvalue weighted by atomic mass is 35.5. The first-order valence-electron chi connectivity index (χ1n) is 5.38. The van der Waals surface area contributed by atoms with Crippen LogP contribution in [-0.4, -0.2) is 44.3 Å². The Kier molecular flexibility index (Phi) is 8.96. The van der Waals surface area contributed by atoms with Crippen molar-refractivity contribution in [2.75, 3.05) is 26.6 Å². The van der Waals surface area contributed by atoms with E-state index in [-0.39, 0.29) is 24.8 Å². The van der Waals surface area contributed by atoms with E-state index in [9.17, 15) is 4.79 Å². The number of rotatable bonds is 8. The maximum Gasteiger partial charge on any atom is 0.249 e. The third-order valence-electron chi connectivity index (χ3n) is 2.21. The van der Waals surface area contributed by atoms with Crippen molar-refractivity contribution >= 4 is 24.2 Å². The van der Waals surface area contributed by atoms with Crippen LogP contribution in [0.15, 0.2) is 28.6 Å². The minimum atomic E-state index is -0.160. The van der Waals surface area contributed by atoms with Crippen molar-refractivity contribution in [2.45, 2.75) is 13.3 Å². The Morgan fingerprint density at radius 1 is 1.56 bits per heavy atom. The molecule has 102 valence electrons. The number of ether oxygens (including phenoxy) is 1. The van der Waals surface area contributed by atoms with Gasteiger partial charge in [0.1, 0.15) is 5.76 Å². The van der Waals surface area contributed by atoms with Crippen molar-refractivity contribution in [3.63, 3.8) is 0 Å². The molecule has 0 aromatic heterocycles. The molecule has 0 radical (unpaired) electrons. The summed E-state index contributed by atoms with van der Waals surface area (Å²) in [7, 11) is 2.98. The summed E-state index contributed by atoms with van der Waals surface area (Å²) < 4.78 is 5.45. The predicted octanol–water partition coefficient (Wildman–Crippen LogP) is 2.14. The molecule has 0 fully saturated rings. The zero-order valence-electron chi connectivity index (χ0n) is 11.0. The summed E-state index contributed by atoms with van der Waals surface area (Å²) in [6.07, 6.45) is 3.52. The summed E-state index contributed by atoms with van der Waals surface area (Å²) in [5, 5.41) is 1.15. The van der Waals surface area contributed by atoms with Crippen molar-refractivity contribution in [1.29, 1.82) is 0 Å². The second-order valence-corrected chi connectivity index (χ2v) is 3.68. The topological polar surface area (TPSA) is 51.1 Å². The molecule has 0 unspecified atom stereocenters. The van der Waals surface area contributed by atoms with Gasteiger partial charge in [0.25, 0.3) is 0 Å². The largest absolute Gasteiger partial charge is 0.496 e. The van der Waals surface area contributed by atoms with Crippen LogP contribution in [-0.2, 0) is 14.4 Å². The van der Waals surface area contributed by atoms with Crippen molar-refractivity contribution in [3.05, 3.63) is 23.6 Å². The number of carbonyl (C=O) groups is 1. The summed E-state index contributed by atoms with van der Waals surface area (Å²) in [4.78, 5) is 19.8. The van der Waals surface area contributed by atoms with Gasteiger partial charge in [0.2, 0.25) is 5.91 Å². The monoisotopic (exact) mass is 274 g/mol. The number of amides is 1. The fraction of sp³-hybridized carbons (Fsp3) is 0.500. The lowest BCUT2D eigenvalue weighted by Crippen LogP contribution is -2.26.